The van der Waals surface area contributed by atoms with Gasteiger partial charge >= 0.3 is 0 Å². The summed E-state index contributed by atoms with van der Waals surface area (Å²) in [5.74, 6) is 0.920. The lowest BCUT2D eigenvalue weighted by Gasteiger charge is -2.39. The molecule has 3 atom stereocenters. The van der Waals surface area contributed by atoms with Crippen molar-refractivity contribution < 1.29 is 4.74 Å². The van der Waals surface area contributed by atoms with Crippen LogP contribution in [0.25, 0.3) is 0 Å². The molecule has 118 valence electrons. The van der Waals surface area contributed by atoms with Crippen molar-refractivity contribution in [2.24, 2.45) is 5.73 Å². The van der Waals surface area contributed by atoms with E-state index >= 15 is 0 Å². The first-order valence-electron chi connectivity index (χ1n) is 8.32. The molecule has 0 aliphatic carbocycles. The van der Waals surface area contributed by atoms with Gasteiger partial charge in [0.1, 0.15) is 5.75 Å². The summed E-state index contributed by atoms with van der Waals surface area (Å²) in [6.07, 6.45) is 6.22. The molecule has 1 heterocycles. The topological polar surface area (TPSA) is 38.5 Å². The minimum absolute atomic E-state index is 0.164. The molecule has 1 saturated heterocycles. The van der Waals surface area contributed by atoms with Gasteiger partial charge in [-0.05, 0) is 50.4 Å². The lowest BCUT2D eigenvalue weighted by molar-refractivity contribution is 0.124. The van der Waals surface area contributed by atoms with Gasteiger partial charge in [-0.25, -0.2) is 0 Å². The van der Waals surface area contributed by atoms with Crippen molar-refractivity contribution in [1.82, 2.24) is 4.90 Å². The molecular weight excluding hydrogens is 260 g/mol. The monoisotopic (exact) mass is 290 g/mol. The SMILES string of the molecule is CCC(N)C(c1cccc(OC)c1)N1CCCCCC1C. The van der Waals surface area contributed by atoms with E-state index in [1.54, 1.807) is 7.11 Å². The molecule has 0 spiro atoms. The summed E-state index contributed by atoms with van der Waals surface area (Å²) >= 11 is 0. The Hall–Kier alpha value is -1.06. The summed E-state index contributed by atoms with van der Waals surface area (Å²) in [6.45, 7) is 5.68. The van der Waals surface area contributed by atoms with E-state index in [0.29, 0.717) is 6.04 Å². The van der Waals surface area contributed by atoms with Crippen molar-refractivity contribution >= 4 is 0 Å². The Kier molecular flexibility index (Phi) is 6.07. The first-order chi connectivity index (χ1) is 10.2. The van der Waals surface area contributed by atoms with Crippen LogP contribution in [-0.2, 0) is 0 Å². The zero-order valence-electron chi connectivity index (χ0n) is 13.7. The highest BCUT2D eigenvalue weighted by molar-refractivity contribution is 5.31. The van der Waals surface area contributed by atoms with Gasteiger partial charge in [-0.3, -0.25) is 4.90 Å². The Bertz CT molecular complexity index is 435. The van der Waals surface area contributed by atoms with Gasteiger partial charge in [0, 0.05) is 12.1 Å². The Labute approximate surface area is 129 Å². The summed E-state index contributed by atoms with van der Waals surface area (Å²) in [7, 11) is 1.72. The van der Waals surface area contributed by atoms with Crippen LogP contribution in [0.15, 0.2) is 24.3 Å². The number of nitrogens with two attached hydrogens (primary N) is 1. The Balaban J connectivity index is 2.32. The van der Waals surface area contributed by atoms with Crippen LogP contribution in [0.2, 0.25) is 0 Å². The minimum Gasteiger partial charge on any atom is -0.497 e. The maximum Gasteiger partial charge on any atom is 0.119 e. The molecule has 3 unspecified atom stereocenters. The van der Waals surface area contributed by atoms with Crippen molar-refractivity contribution in [3.63, 3.8) is 0 Å². The lowest BCUT2D eigenvalue weighted by Crippen LogP contribution is -2.45. The predicted octanol–water partition coefficient (Wildman–Crippen LogP) is 3.74. The van der Waals surface area contributed by atoms with Crippen molar-refractivity contribution in [3.8, 4) is 5.75 Å². The quantitative estimate of drug-likeness (QED) is 0.898. The summed E-state index contributed by atoms with van der Waals surface area (Å²) < 4.78 is 5.40. The highest BCUT2D eigenvalue weighted by atomic mass is 16.5. The number of benzene rings is 1. The van der Waals surface area contributed by atoms with Gasteiger partial charge < -0.3 is 10.5 Å². The zero-order valence-corrected chi connectivity index (χ0v) is 13.7. The smallest absolute Gasteiger partial charge is 0.119 e. The van der Waals surface area contributed by atoms with E-state index in [4.69, 9.17) is 10.5 Å². The average molecular weight is 290 g/mol. The molecule has 1 aliphatic heterocycles. The Morgan fingerprint density at radius 2 is 2.14 bits per heavy atom. The molecule has 2 rings (SSSR count). The normalized spacial score (nSPS) is 23.3. The molecule has 1 aromatic carbocycles. The third kappa shape index (κ3) is 3.98. The van der Waals surface area contributed by atoms with Gasteiger partial charge in [0.05, 0.1) is 13.2 Å². The number of hydrogen-bond donors (Lipinski definition) is 1. The number of likely N-dealkylation sites (tertiary alicyclic amines) is 1. The standard InChI is InChI=1S/C18H30N2O/c1-4-17(19)18(15-10-8-11-16(13-15)21-3)20-12-7-5-6-9-14(20)2/h8,10-11,13-14,17-18H,4-7,9,12,19H2,1-3H3. The molecule has 0 saturated carbocycles. The fourth-order valence-electron chi connectivity index (χ4n) is 3.44. The Morgan fingerprint density at radius 3 is 2.86 bits per heavy atom. The highest BCUT2D eigenvalue weighted by Gasteiger charge is 2.30. The molecule has 1 aliphatic rings. The number of hydrogen-bond acceptors (Lipinski definition) is 3. The van der Waals surface area contributed by atoms with E-state index in [9.17, 15) is 0 Å². The molecule has 0 bridgehead atoms. The van der Waals surface area contributed by atoms with Gasteiger partial charge in [-0.1, -0.05) is 31.9 Å². The van der Waals surface area contributed by atoms with E-state index in [2.05, 4.69) is 36.9 Å². The third-order valence-corrected chi connectivity index (χ3v) is 4.77. The minimum atomic E-state index is 0.164. The van der Waals surface area contributed by atoms with Crippen LogP contribution in [0.4, 0.5) is 0 Å². The zero-order chi connectivity index (χ0) is 15.2. The van der Waals surface area contributed by atoms with Crippen LogP contribution in [0.5, 0.6) is 5.75 Å². The summed E-state index contributed by atoms with van der Waals surface area (Å²) in [4.78, 5) is 2.62. The summed E-state index contributed by atoms with van der Waals surface area (Å²) in [5.41, 5.74) is 7.79. The molecule has 21 heavy (non-hydrogen) atoms. The van der Waals surface area contributed by atoms with Crippen molar-refractivity contribution in [2.75, 3.05) is 13.7 Å². The van der Waals surface area contributed by atoms with Crippen molar-refractivity contribution in [3.05, 3.63) is 29.8 Å². The van der Waals surface area contributed by atoms with Crippen molar-refractivity contribution in [1.29, 1.82) is 0 Å². The van der Waals surface area contributed by atoms with E-state index in [1.807, 2.05) is 6.07 Å². The summed E-state index contributed by atoms with van der Waals surface area (Å²) in [6, 6.07) is 9.48. The van der Waals surface area contributed by atoms with Crippen LogP contribution in [0.1, 0.15) is 57.6 Å². The largest absolute Gasteiger partial charge is 0.497 e. The number of methoxy groups -OCH3 is 1. The second-order valence-corrected chi connectivity index (χ2v) is 6.23. The number of rotatable bonds is 5. The molecule has 1 aromatic rings. The number of nitrogens with zero attached hydrogens (tertiary/aromatic N) is 1. The van der Waals surface area contributed by atoms with Gasteiger partial charge in [0.25, 0.3) is 0 Å². The van der Waals surface area contributed by atoms with Crippen LogP contribution in [0.3, 0.4) is 0 Å². The van der Waals surface area contributed by atoms with Crippen LogP contribution < -0.4 is 10.5 Å². The van der Waals surface area contributed by atoms with Gasteiger partial charge in [-0.15, -0.1) is 0 Å². The maximum atomic E-state index is 6.50. The molecule has 0 radical (unpaired) electrons. The second-order valence-electron chi connectivity index (χ2n) is 6.23. The molecule has 2 N–H and O–H groups in total. The average Bonchev–Trinajstić information content (AvgIpc) is 2.73. The molecule has 1 fully saturated rings. The van der Waals surface area contributed by atoms with Gasteiger partial charge in [0.15, 0.2) is 0 Å². The molecular formula is C18H30N2O. The number of ether oxygens (including phenoxy) is 1. The predicted molar refractivity (Wildman–Crippen MR) is 88.6 cm³/mol. The van der Waals surface area contributed by atoms with E-state index in [-0.39, 0.29) is 12.1 Å². The van der Waals surface area contributed by atoms with E-state index < -0.39 is 0 Å². The van der Waals surface area contributed by atoms with Crippen LogP contribution in [-0.4, -0.2) is 30.6 Å². The van der Waals surface area contributed by atoms with Crippen LogP contribution in [0, 0.1) is 0 Å². The van der Waals surface area contributed by atoms with E-state index in [1.165, 1.54) is 31.2 Å². The van der Waals surface area contributed by atoms with Gasteiger partial charge in [0.2, 0.25) is 0 Å². The molecule has 3 heteroatoms. The maximum absolute atomic E-state index is 6.50. The first-order valence-corrected chi connectivity index (χ1v) is 8.32. The lowest BCUT2D eigenvalue weighted by atomic mass is 9.94. The van der Waals surface area contributed by atoms with E-state index in [0.717, 1.165) is 18.7 Å². The highest BCUT2D eigenvalue weighted by Crippen LogP contribution is 2.32. The Morgan fingerprint density at radius 1 is 1.33 bits per heavy atom. The van der Waals surface area contributed by atoms with Crippen molar-refractivity contribution in [2.45, 2.75) is 64.1 Å². The molecule has 0 amide bonds. The fraction of sp³-hybridized carbons (Fsp3) is 0.667. The molecule has 3 nitrogen and oxygen atoms in total. The second kappa shape index (κ2) is 7.81. The molecule has 0 aromatic heterocycles. The fourth-order valence-corrected chi connectivity index (χ4v) is 3.44. The first kappa shape index (κ1) is 16.3. The van der Waals surface area contributed by atoms with Gasteiger partial charge in [-0.2, -0.15) is 0 Å². The summed E-state index contributed by atoms with van der Waals surface area (Å²) in [5, 5.41) is 0. The van der Waals surface area contributed by atoms with Crippen LogP contribution >= 0.6 is 0 Å². The third-order valence-electron chi connectivity index (χ3n) is 4.77.